The fourth-order valence-corrected chi connectivity index (χ4v) is 1.82. The number of carbonyl (C=O) groups excluding carboxylic acids is 2. The summed E-state index contributed by atoms with van der Waals surface area (Å²) in [6.07, 6.45) is 1.65. The van der Waals surface area contributed by atoms with Gasteiger partial charge in [-0.15, -0.1) is 6.58 Å². The van der Waals surface area contributed by atoms with Crippen LogP contribution in [0.5, 0.6) is 5.75 Å². The van der Waals surface area contributed by atoms with Crippen LogP contribution in [-0.2, 0) is 4.79 Å². The molecule has 0 N–H and O–H groups in total. The smallest absolute Gasteiger partial charge is 0.315 e. The first kappa shape index (κ1) is 13.3. The fraction of sp³-hybridized carbons (Fsp3) is 0.0667. The number of ether oxygens (including phenoxy) is 1. The van der Waals surface area contributed by atoms with Gasteiger partial charge >= 0.3 is 5.97 Å². The van der Waals surface area contributed by atoms with E-state index < -0.39 is 5.24 Å². The zero-order chi connectivity index (χ0) is 13.8. The van der Waals surface area contributed by atoms with Crippen molar-refractivity contribution in [3.05, 3.63) is 54.6 Å². The van der Waals surface area contributed by atoms with Gasteiger partial charge in [0.2, 0.25) is 0 Å². The molecule has 0 spiro atoms. The monoisotopic (exact) mass is 274 g/mol. The molecule has 0 fully saturated rings. The van der Waals surface area contributed by atoms with Crippen LogP contribution in [-0.4, -0.2) is 11.2 Å². The summed E-state index contributed by atoms with van der Waals surface area (Å²) >= 11 is 5.42. The highest BCUT2D eigenvalue weighted by molar-refractivity contribution is 6.67. The average Bonchev–Trinajstić information content (AvgIpc) is 2.38. The molecule has 19 heavy (non-hydrogen) atoms. The van der Waals surface area contributed by atoms with Gasteiger partial charge in [-0.2, -0.15) is 0 Å². The molecule has 0 unspecified atom stereocenters. The second-order valence-electron chi connectivity index (χ2n) is 3.96. The zero-order valence-electron chi connectivity index (χ0n) is 10.1. The van der Waals surface area contributed by atoms with Gasteiger partial charge in [0.1, 0.15) is 5.75 Å². The normalized spacial score (nSPS) is 10.2. The maximum atomic E-state index is 11.3. The third-order valence-electron chi connectivity index (χ3n) is 2.58. The first-order valence-electron chi connectivity index (χ1n) is 5.65. The molecule has 0 aliphatic rings. The van der Waals surface area contributed by atoms with E-state index in [0.717, 1.165) is 10.8 Å². The maximum Gasteiger partial charge on any atom is 0.315 e. The van der Waals surface area contributed by atoms with Crippen LogP contribution in [0.1, 0.15) is 16.8 Å². The van der Waals surface area contributed by atoms with Gasteiger partial charge in [-0.3, -0.25) is 9.59 Å². The Morgan fingerprint density at radius 2 is 1.84 bits per heavy atom. The molecule has 2 aromatic carbocycles. The lowest BCUT2D eigenvalue weighted by Crippen LogP contribution is -2.05. The Balaban J connectivity index is 2.31. The largest absolute Gasteiger partial charge is 0.426 e. The highest BCUT2D eigenvalue weighted by atomic mass is 35.5. The van der Waals surface area contributed by atoms with Crippen LogP contribution in [0.3, 0.4) is 0 Å². The molecule has 0 saturated heterocycles. The van der Waals surface area contributed by atoms with Gasteiger partial charge in [0.05, 0.1) is 6.42 Å². The number of rotatable bonds is 4. The molecule has 0 heterocycles. The summed E-state index contributed by atoms with van der Waals surface area (Å²) in [5.41, 5.74) is 0.436. The highest BCUT2D eigenvalue weighted by Gasteiger charge is 2.06. The average molecular weight is 275 g/mol. The van der Waals surface area contributed by atoms with Crippen molar-refractivity contribution in [2.45, 2.75) is 6.42 Å². The van der Waals surface area contributed by atoms with Crippen LogP contribution >= 0.6 is 11.6 Å². The van der Waals surface area contributed by atoms with E-state index in [0.29, 0.717) is 11.3 Å². The summed E-state index contributed by atoms with van der Waals surface area (Å²) in [6.45, 7) is 3.47. The summed E-state index contributed by atoms with van der Waals surface area (Å²) in [4.78, 5) is 22.4. The van der Waals surface area contributed by atoms with Gasteiger partial charge in [0.15, 0.2) is 0 Å². The molecule has 0 aromatic heterocycles. The Kier molecular flexibility index (Phi) is 3.97. The third kappa shape index (κ3) is 3.20. The molecule has 0 radical (unpaired) electrons. The van der Waals surface area contributed by atoms with Gasteiger partial charge in [-0.05, 0) is 46.6 Å². The number of benzene rings is 2. The first-order valence-corrected chi connectivity index (χ1v) is 6.03. The topological polar surface area (TPSA) is 43.4 Å². The van der Waals surface area contributed by atoms with Gasteiger partial charge in [0, 0.05) is 5.56 Å². The molecule has 3 nitrogen and oxygen atoms in total. The van der Waals surface area contributed by atoms with E-state index in [9.17, 15) is 9.59 Å². The van der Waals surface area contributed by atoms with Crippen molar-refractivity contribution in [2.75, 3.05) is 0 Å². The predicted octanol–water partition coefficient (Wildman–Crippen LogP) is 3.70. The van der Waals surface area contributed by atoms with Crippen molar-refractivity contribution in [3.8, 4) is 5.75 Å². The van der Waals surface area contributed by atoms with E-state index in [4.69, 9.17) is 16.3 Å². The standard InChI is InChI=1S/C15H11ClO3/c1-2-3-14(17)19-13-7-6-10-8-12(15(16)18)5-4-11(10)9-13/h2,4-9H,1,3H2. The molecule has 0 bridgehead atoms. The van der Waals surface area contributed by atoms with E-state index in [2.05, 4.69) is 6.58 Å². The molecule has 0 saturated carbocycles. The summed E-state index contributed by atoms with van der Waals surface area (Å²) in [7, 11) is 0. The second kappa shape index (κ2) is 5.67. The van der Waals surface area contributed by atoms with Crippen molar-refractivity contribution in [2.24, 2.45) is 0 Å². The minimum absolute atomic E-state index is 0.164. The number of halogens is 1. The maximum absolute atomic E-state index is 11.3. The summed E-state index contributed by atoms with van der Waals surface area (Å²) < 4.78 is 5.14. The SMILES string of the molecule is C=CCC(=O)Oc1ccc2cc(C(=O)Cl)ccc2c1. The number of hydrogen-bond donors (Lipinski definition) is 0. The van der Waals surface area contributed by atoms with E-state index in [1.54, 1.807) is 36.4 Å². The molecule has 96 valence electrons. The molecular formula is C15H11ClO3. The summed E-state index contributed by atoms with van der Waals surface area (Å²) in [6, 6.07) is 10.3. The van der Waals surface area contributed by atoms with Crippen molar-refractivity contribution in [1.82, 2.24) is 0 Å². The Hall–Kier alpha value is -2.13. The van der Waals surface area contributed by atoms with E-state index in [-0.39, 0.29) is 12.4 Å². The van der Waals surface area contributed by atoms with E-state index >= 15 is 0 Å². The minimum Gasteiger partial charge on any atom is -0.426 e. The number of esters is 1. The van der Waals surface area contributed by atoms with Crippen LogP contribution < -0.4 is 4.74 Å². The Morgan fingerprint density at radius 3 is 2.53 bits per heavy atom. The Morgan fingerprint density at radius 1 is 1.16 bits per heavy atom. The number of carbonyl (C=O) groups is 2. The lowest BCUT2D eigenvalue weighted by molar-refractivity contribution is -0.133. The highest BCUT2D eigenvalue weighted by Crippen LogP contribution is 2.23. The Labute approximate surface area is 115 Å². The summed E-state index contributed by atoms with van der Waals surface area (Å²) in [5.74, 6) is 0.103. The molecule has 0 atom stereocenters. The van der Waals surface area contributed by atoms with Crippen LogP contribution in [0.4, 0.5) is 0 Å². The molecule has 0 amide bonds. The van der Waals surface area contributed by atoms with Gasteiger partial charge in [0.25, 0.3) is 5.24 Å². The lowest BCUT2D eigenvalue weighted by Gasteiger charge is -2.05. The third-order valence-corrected chi connectivity index (χ3v) is 2.80. The molecule has 2 rings (SSSR count). The lowest BCUT2D eigenvalue weighted by atomic mass is 10.1. The minimum atomic E-state index is -0.497. The van der Waals surface area contributed by atoms with Crippen LogP contribution in [0.15, 0.2) is 49.1 Å². The van der Waals surface area contributed by atoms with E-state index in [1.165, 1.54) is 6.08 Å². The van der Waals surface area contributed by atoms with Crippen molar-refractivity contribution in [1.29, 1.82) is 0 Å². The molecule has 2 aromatic rings. The van der Waals surface area contributed by atoms with Gasteiger partial charge in [-0.25, -0.2) is 0 Å². The Bertz CT molecular complexity index is 661. The predicted molar refractivity (Wildman–Crippen MR) is 74.6 cm³/mol. The van der Waals surface area contributed by atoms with Crippen LogP contribution in [0, 0.1) is 0 Å². The zero-order valence-corrected chi connectivity index (χ0v) is 10.8. The van der Waals surface area contributed by atoms with Crippen molar-refractivity contribution >= 4 is 33.6 Å². The van der Waals surface area contributed by atoms with Crippen LogP contribution in [0.2, 0.25) is 0 Å². The van der Waals surface area contributed by atoms with Crippen LogP contribution in [0.25, 0.3) is 10.8 Å². The first-order chi connectivity index (χ1) is 9.10. The van der Waals surface area contributed by atoms with Gasteiger partial charge < -0.3 is 4.74 Å². The number of fused-ring (bicyclic) bond motifs is 1. The summed E-state index contributed by atoms with van der Waals surface area (Å²) in [5, 5.41) is 1.23. The molecule has 0 aliphatic heterocycles. The van der Waals surface area contributed by atoms with Gasteiger partial charge in [-0.1, -0.05) is 18.2 Å². The molecular weight excluding hydrogens is 264 g/mol. The molecule has 0 aliphatic carbocycles. The van der Waals surface area contributed by atoms with E-state index in [1.807, 2.05) is 0 Å². The quantitative estimate of drug-likeness (QED) is 0.369. The van der Waals surface area contributed by atoms with Crippen molar-refractivity contribution in [3.63, 3.8) is 0 Å². The number of hydrogen-bond acceptors (Lipinski definition) is 3. The second-order valence-corrected chi connectivity index (χ2v) is 4.31. The molecule has 4 heteroatoms. The fourth-order valence-electron chi connectivity index (χ4n) is 1.70. The van der Waals surface area contributed by atoms with Crippen molar-refractivity contribution < 1.29 is 14.3 Å².